The molecule has 0 fully saturated rings. The first-order chi connectivity index (χ1) is 7.70. The normalized spacial score (nSPS) is 10.4. The summed E-state index contributed by atoms with van der Waals surface area (Å²) in [5, 5.41) is 8.94. The third-order valence-electron chi connectivity index (χ3n) is 2.23. The number of benzene rings is 1. The van der Waals surface area contributed by atoms with Crippen molar-refractivity contribution in [3.05, 3.63) is 53.9 Å². The summed E-state index contributed by atoms with van der Waals surface area (Å²) in [5.74, 6) is -0.990. The van der Waals surface area contributed by atoms with Gasteiger partial charge in [0.25, 0.3) is 0 Å². The Balaban J connectivity index is 2.54. The van der Waals surface area contributed by atoms with E-state index in [0.29, 0.717) is 11.1 Å². The molecule has 1 aromatic heterocycles. The Morgan fingerprint density at radius 2 is 1.94 bits per heavy atom. The Bertz CT molecular complexity index is 514. The van der Waals surface area contributed by atoms with Crippen LogP contribution in [-0.4, -0.2) is 10.1 Å². The van der Waals surface area contributed by atoms with E-state index >= 15 is 0 Å². The van der Waals surface area contributed by atoms with E-state index in [1.54, 1.807) is 0 Å². The number of aliphatic hydroxyl groups excluding tert-OH is 1. The largest absolute Gasteiger partial charge is 0.392 e. The Morgan fingerprint density at radius 3 is 2.62 bits per heavy atom. The third kappa shape index (κ3) is 2.06. The summed E-state index contributed by atoms with van der Waals surface area (Å²) < 4.78 is 26.4. The molecule has 2 aromatic rings. The van der Waals surface area contributed by atoms with Gasteiger partial charge < -0.3 is 5.11 Å². The van der Waals surface area contributed by atoms with E-state index in [-0.39, 0.29) is 12.2 Å². The third-order valence-corrected chi connectivity index (χ3v) is 2.23. The van der Waals surface area contributed by atoms with Crippen molar-refractivity contribution in [1.29, 1.82) is 0 Å². The number of halogens is 2. The fourth-order valence-corrected chi connectivity index (χ4v) is 1.45. The van der Waals surface area contributed by atoms with Crippen molar-refractivity contribution in [3.63, 3.8) is 0 Å². The molecule has 1 N–H and O–H groups in total. The second kappa shape index (κ2) is 4.37. The van der Waals surface area contributed by atoms with Crippen molar-refractivity contribution in [2.75, 3.05) is 0 Å². The Labute approximate surface area is 91.2 Å². The first-order valence-corrected chi connectivity index (χ1v) is 4.71. The van der Waals surface area contributed by atoms with Gasteiger partial charge in [0.2, 0.25) is 0 Å². The van der Waals surface area contributed by atoms with Crippen molar-refractivity contribution in [1.82, 2.24) is 4.98 Å². The molecule has 0 amide bonds. The summed E-state index contributed by atoms with van der Waals surface area (Å²) in [6.45, 7) is -0.184. The minimum atomic E-state index is -0.522. The molecule has 0 unspecified atom stereocenters. The zero-order valence-corrected chi connectivity index (χ0v) is 8.32. The van der Waals surface area contributed by atoms with Crippen LogP contribution in [0.5, 0.6) is 0 Å². The van der Waals surface area contributed by atoms with Crippen molar-refractivity contribution in [2.45, 2.75) is 6.61 Å². The van der Waals surface area contributed by atoms with Crippen molar-refractivity contribution >= 4 is 0 Å². The molecule has 0 atom stereocenters. The second-order valence-electron chi connectivity index (χ2n) is 3.36. The summed E-state index contributed by atoms with van der Waals surface area (Å²) in [6, 6.07) is 5.40. The fraction of sp³-hybridized carbons (Fsp3) is 0.0833. The average Bonchev–Trinajstić information content (AvgIpc) is 2.30. The Kier molecular flexibility index (Phi) is 2.92. The maximum absolute atomic E-state index is 13.5. The van der Waals surface area contributed by atoms with Gasteiger partial charge in [-0.05, 0) is 23.8 Å². The van der Waals surface area contributed by atoms with Gasteiger partial charge in [0.1, 0.15) is 11.6 Å². The monoisotopic (exact) mass is 221 g/mol. The topological polar surface area (TPSA) is 33.1 Å². The molecule has 0 saturated heterocycles. The van der Waals surface area contributed by atoms with E-state index in [9.17, 15) is 8.78 Å². The molecule has 82 valence electrons. The highest BCUT2D eigenvalue weighted by atomic mass is 19.1. The molecule has 16 heavy (non-hydrogen) atoms. The van der Waals surface area contributed by atoms with Gasteiger partial charge in [-0.2, -0.15) is 0 Å². The number of hydrogen-bond donors (Lipinski definition) is 1. The van der Waals surface area contributed by atoms with Gasteiger partial charge in [-0.15, -0.1) is 0 Å². The number of pyridine rings is 1. The molecule has 0 aliphatic heterocycles. The van der Waals surface area contributed by atoms with Crippen LogP contribution in [0.3, 0.4) is 0 Å². The average molecular weight is 221 g/mol. The van der Waals surface area contributed by atoms with Gasteiger partial charge in [-0.1, -0.05) is 6.07 Å². The zero-order valence-electron chi connectivity index (χ0n) is 8.32. The molecular weight excluding hydrogens is 212 g/mol. The number of aliphatic hydroxyl groups is 1. The van der Waals surface area contributed by atoms with Crippen LogP contribution in [-0.2, 0) is 6.61 Å². The summed E-state index contributed by atoms with van der Waals surface area (Å²) >= 11 is 0. The van der Waals surface area contributed by atoms with Crippen molar-refractivity contribution < 1.29 is 13.9 Å². The van der Waals surface area contributed by atoms with E-state index in [4.69, 9.17) is 5.11 Å². The predicted octanol–water partition coefficient (Wildman–Crippen LogP) is 2.52. The van der Waals surface area contributed by atoms with Gasteiger partial charge in [0.15, 0.2) is 0 Å². The van der Waals surface area contributed by atoms with Crippen LogP contribution in [0.2, 0.25) is 0 Å². The van der Waals surface area contributed by atoms with Crippen LogP contribution in [0.4, 0.5) is 8.78 Å². The van der Waals surface area contributed by atoms with Gasteiger partial charge in [-0.3, -0.25) is 4.98 Å². The van der Waals surface area contributed by atoms with E-state index in [1.165, 1.54) is 30.5 Å². The SMILES string of the molecule is OCc1ccc(F)c(-c2cncc(F)c2)c1. The highest BCUT2D eigenvalue weighted by Crippen LogP contribution is 2.23. The summed E-state index contributed by atoms with van der Waals surface area (Å²) in [7, 11) is 0. The van der Waals surface area contributed by atoms with Crippen LogP contribution >= 0.6 is 0 Å². The molecule has 0 bridgehead atoms. The number of rotatable bonds is 2. The molecular formula is C12H9F2NO. The minimum absolute atomic E-state index is 0.184. The van der Waals surface area contributed by atoms with Gasteiger partial charge in [0.05, 0.1) is 12.8 Å². The lowest BCUT2D eigenvalue weighted by Gasteiger charge is -2.05. The predicted molar refractivity (Wildman–Crippen MR) is 55.5 cm³/mol. The number of hydrogen-bond acceptors (Lipinski definition) is 2. The van der Waals surface area contributed by atoms with Crippen LogP contribution in [0, 0.1) is 11.6 Å². The molecule has 0 spiro atoms. The maximum Gasteiger partial charge on any atom is 0.142 e. The minimum Gasteiger partial charge on any atom is -0.392 e. The molecule has 0 radical (unpaired) electrons. The molecule has 0 aliphatic rings. The van der Waals surface area contributed by atoms with Crippen LogP contribution < -0.4 is 0 Å². The molecule has 1 aromatic carbocycles. The number of nitrogens with zero attached hydrogens (tertiary/aromatic N) is 1. The molecule has 1 heterocycles. The van der Waals surface area contributed by atoms with Gasteiger partial charge in [-0.25, -0.2) is 8.78 Å². The summed E-state index contributed by atoms with van der Waals surface area (Å²) in [4.78, 5) is 3.65. The van der Waals surface area contributed by atoms with Crippen LogP contribution in [0.15, 0.2) is 36.7 Å². The quantitative estimate of drug-likeness (QED) is 0.845. The lowest BCUT2D eigenvalue weighted by atomic mass is 10.0. The van der Waals surface area contributed by atoms with E-state index < -0.39 is 11.6 Å². The lowest BCUT2D eigenvalue weighted by molar-refractivity contribution is 0.282. The van der Waals surface area contributed by atoms with Crippen molar-refractivity contribution in [3.8, 4) is 11.1 Å². The van der Waals surface area contributed by atoms with E-state index in [2.05, 4.69) is 4.98 Å². The Morgan fingerprint density at radius 1 is 1.12 bits per heavy atom. The van der Waals surface area contributed by atoms with Gasteiger partial charge in [0, 0.05) is 17.3 Å². The molecule has 0 saturated carbocycles. The standard InChI is InChI=1S/C12H9F2NO/c13-10-4-9(5-15-6-10)11-3-8(7-16)1-2-12(11)14/h1-6,16H,7H2. The van der Waals surface area contributed by atoms with E-state index in [1.807, 2.05) is 0 Å². The highest BCUT2D eigenvalue weighted by molar-refractivity contribution is 5.63. The van der Waals surface area contributed by atoms with Crippen LogP contribution in [0.1, 0.15) is 5.56 Å². The molecule has 0 aliphatic carbocycles. The van der Waals surface area contributed by atoms with Gasteiger partial charge >= 0.3 is 0 Å². The zero-order chi connectivity index (χ0) is 11.5. The highest BCUT2D eigenvalue weighted by Gasteiger charge is 2.07. The number of aromatic nitrogens is 1. The van der Waals surface area contributed by atoms with Crippen LogP contribution in [0.25, 0.3) is 11.1 Å². The van der Waals surface area contributed by atoms with E-state index in [0.717, 1.165) is 6.20 Å². The molecule has 4 heteroatoms. The first-order valence-electron chi connectivity index (χ1n) is 4.71. The smallest absolute Gasteiger partial charge is 0.142 e. The molecule has 2 nitrogen and oxygen atoms in total. The maximum atomic E-state index is 13.5. The summed E-state index contributed by atoms with van der Waals surface area (Å²) in [6.07, 6.45) is 2.43. The fourth-order valence-electron chi connectivity index (χ4n) is 1.45. The van der Waals surface area contributed by atoms with Crippen molar-refractivity contribution in [2.24, 2.45) is 0 Å². The summed E-state index contributed by atoms with van der Waals surface area (Å²) in [5.41, 5.74) is 1.16. The molecule has 2 rings (SSSR count). The Hall–Kier alpha value is -1.81. The first kappa shape index (κ1) is 10.7. The lowest BCUT2D eigenvalue weighted by Crippen LogP contribution is -1.90. The second-order valence-corrected chi connectivity index (χ2v) is 3.36.